The Morgan fingerprint density at radius 1 is 0.864 bits per heavy atom. The molecule has 0 saturated heterocycles. The van der Waals surface area contributed by atoms with Gasteiger partial charge in [0.2, 0.25) is 0 Å². The molecular weight excluding hydrogens is 412 g/mol. The Morgan fingerprint density at radius 2 is 1.50 bits per heavy atom. The van der Waals surface area contributed by atoms with Crippen LogP contribution >= 0.6 is 31.9 Å². The summed E-state index contributed by atoms with van der Waals surface area (Å²) in [5.41, 5.74) is 0.851. The number of ether oxygens (including phenoxy) is 2. The zero-order valence-electron chi connectivity index (χ0n) is 11.9. The topological polar surface area (TPSA) is 66.0 Å². The molecule has 0 atom stereocenters. The van der Waals surface area contributed by atoms with Gasteiger partial charge in [-0.15, -0.1) is 0 Å². The highest BCUT2D eigenvalue weighted by Crippen LogP contribution is 2.27. The van der Waals surface area contributed by atoms with Crippen molar-refractivity contribution in [1.29, 1.82) is 10.5 Å². The van der Waals surface area contributed by atoms with Crippen molar-refractivity contribution in [2.45, 2.75) is 0 Å². The third kappa shape index (κ3) is 5.07. The molecule has 6 heteroatoms. The van der Waals surface area contributed by atoms with Crippen LogP contribution < -0.4 is 9.47 Å². The van der Waals surface area contributed by atoms with E-state index >= 15 is 0 Å². The van der Waals surface area contributed by atoms with Gasteiger partial charge < -0.3 is 9.47 Å². The molecule has 0 fully saturated rings. The second-order valence-corrected chi connectivity index (χ2v) is 5.69. The molecule has 112 valence electrons. The zero-order valence-corrected chi connectivity index (χ0v) is 15.1. The first-order valence-corrected chi connectivity index (χ1v) is 7.61. The van der Waals surface area contributed by atoms with Crippen LogP contribution in [0.4, 0.5) is 0 Å². The summed E-state index contributed by atoms with van der Waals surface area (Å²) in [5.74, 6) is 1.35. The summed E-state index contributed by atoms with van der Waals surface area (Å²) in [6.07, 6.45) is 0. The summed E-state index contributed by atoms with van der Waals surface area (Å²) in [6, 6.07) is 14.4. The van der Waals surface area contributed by atoms with E-state index in [0.717, 1.165) is 14.7 Å². The Bertz CT molecular complexity index is 734. The van der Waals surface area contributed by atoms with Crippen LogP contribution in [0.25, 0.3) is 0 Å². The molecule has 0 radical (unpaired) electrons. The highest BCUT2D eigenvalue weighted by atomic mass is 79.9. The van der Waals surface area contributed by atoms with Crippen molar-refractivity contribution >= 4 is 31.9 Å². The fraction of sp³-hybridized carbons (Fsp3) is 0.125. The fourth-order valence-electron chi connectivity index (χ4n) is 1.51. The Kier molecular flexibility index (Phi) is 7.45. The van der Waals surface area contributed by atoms with E-state index < -0.39 is 0 Å². The molecule has 2 aromatic rings. The van der Waals surface area contributed by atoms with Gasteiger partial charge in [0.05, 0.1) is 35.9 Å². The second kappa shape index (κ2) is 9.09. The van der Waals surface area contributed by atoms with Crippen LogP contribution in [-0.2, 0) is 0 Å². The molecule has 4 nitrogen and oxygen atoms in total. The van der Waals surface area contributed by atoms with Crippen molar-refractivity contribution in [1.82, 2.24) is 0 Å². The van der Waals surface area contributed by atoms with Gasteiger partial charge in [0, 0.05) is 4.47 Å². The van der Waals surface area contributed by atoms with Gasteiger partial charge >= 0.3 is 0 Å². The lowest BCUT2D eigenvalue weighted by atomic mass is 10.1. The molecule has 0 aliphatic carbocycles. The third-order valence-corrected chi connectivity index (χ3v) is 3.68. The molecule has 0 heterocycles. The second-order valence-electron chi connectivity index (χ2n) is 3.92. The summed E-state index contributed by atoms with van der Waals surface area (Å²) in [4.78, 5) is 0. The van der Waals surface area contributed by atoms with Gasteiger partial charge in [0.1, 0.15) is 17.6 Å². The minimum absolute atomic E-state index is 0.386. The van der Waals surface area contributed by atoms with E-state index in [1.54, 1.807) is 19.2 Å². The highest BCUT2D eigenvalue weighted by molar-refractivity contribution is 9.11. The van der Waals surface area contributed by atoms with E-state index in [1.807, 2.05) is 30.3 Å². The van der Waals surface area contributed by atoms with Gasteiger partial charge in [-0.1, -0.05) is 15.9 Å². The highest BCUT2D eigenvalue weighted by Gasteiger charge is 2.02. The molecule has 0 N–H and O–H groups in total. The van der Waals surface area contributed by atoms with Gasteiger partial charge in [0.25, 0.3) is 0 Å². The first kappa shape index (κ1) is 18.0. The van der Waals surface area contributed by atoms with Gasteiger partial charge in [-0.3, -0.25) is 0 Å². The maximum absolute atomic E-state index is 8.63. The first-order chi connectivity index (χ1) is 10.5. The Labute approximate surface area is 146 Å². The average molecular weight is 424 g/mol. The first-order valence-electron chi connectivity index (χ1n) is 6.03. The van der Waals surface area contributed by atoms with Crippen LogP contribution in [0.3, 0.4) is 0 Å². The van der Waals surface area contributed by atoms with E-state index in [4.69, 9.17) is 20.0 Å². The molecular formula is C16H12Br2N2O2. The van der Waals surface area contributed by atoms with Gasteiger partial charge in [-0.25, -0.2) is 0 Å². The molecule has 0 amide bonds. The molecule has 22 heavy (non-hydrogen) atoms. The molecule has 2 aromatic carbocycles. The molecule has 0 aliphatic rings. The van der Waals surface area contributed by atoms with Crippen molar-refractivity contribution in [2.24, 2.45) is 0 Å². The summed E-state index contributed by atoms with van der Waals surface area (Å²) in [6.45, 7) is 0. The molecule has 0 bridgehead atoms. The smallest absolute Gasteiger partial charge is 0.136 e. The van der Waals surface area contributed by atoms with Crippen LogP contribution in [-0.4, -0.2) is 14.2 Å². The number of rotatable bonds is 2. The summed E-state index contributed by atoms with van der Waals surface area (Å²) < 4.78 is 11.9. The van der Waals surface area contributed by atoms with E-state index in [2.05, 4.69) is 31.9 Å². The number of benzene rings is 2. The van der Waals surface area contributed by atoms with Crippen molar-refractivity contribution in [3.8, 4) is 23.6 Å². The van der Waals surface area contributed by atoms with Crippen molar-refractivity contribution in [2.75, 3.05) is 14.2 Å². The number of nitrogens with zero attached hydrogens (tertiary/aromatic N) is 2. The van der Waals surface area contributed by atoms with Gasteiger partial charge in [0.15, 0.2) is 0 Å². The average Bonchev–Trinajstić information content (AvgIpc) is 2.54. The van der Waals surface area contributed by atoms with Crippen LogP contribution in [0, 0.1) is 22.7 Å². The Balaban J connectivity index is 0.000000224. The monoisotopic (exact) mass is 422 g/mol. The van der Waals surface area contributed by atoms with Crippen LogP contribution in [0.5, 0.6) is 11.5 Å². The number of hydrogen-bond acceptors (Lipinski definition) is 4. The lowest BCUT2D eigenvalue weighted by molar-refractivity contribution is 0.412. The SMILES string of the molecule is COc1ccc(Br)cc1Br.COc1ccc(C#N)cc1C#N. The third-order valence-electron chi connectivity index (χ3n) is 2.56. The fourth-order valence-corrected chi connectivity index (χ4v) is 2.71. The lowest BCUT2D eigenvalue weighted by Gasteiger charge is -2.01. The molecule has 0 saturated carbocycles. The van der Waals surface area contributed by atoms with Crippen LogP contribution in [0.2, 0.25) is 0 Å². The Morgan fingerprint density at radius 3 is 2.00 bits per heavy atom. The van der Waals surface area contributed by atoms with Gasteiger partial charge in [-0.05, 0) is 52.3 Å². The predicted molar refractivity (Wildman–Crippen MR) is 90.8 cm³/mol. The molecule has 0 spiro atoms. The molecule has 0 unspecified atom stereocenters. The number of nitriles is 2. The van der Waals surface area contributed by atoms with E-state index in [1.165, 1.54) is 13.2 Å². The largest absolute Gasteiger partial charge is 0.496 e. The predicted octanol–water partition coefficient (Wildman–Crippen LogP) is 4.66. The molecule has 2 rings (SSSR count). The van der Waals surface area contributed by atoms with Crippen LogP contribution in [0.1, 0.15) is 11.1 Å². The summed E-state index contributed by atoms with van der Waals surface area (Å²) >= 11 is 6.69. The van der Waals surface area contributed by atoms with Crippen molar-refractivity contribution in [3.63, 3.8) is 0 Å². The number of halogens is 2. The van der Waals surface area contributed by atoms with Crippen molar-refractivity contribution < 1.29 is 9.47 Å². The van der Waals surface area contributed by atoms with Gasteiger partial charge in [-0.2, -0.15) is 10.5 Å². The number of methoxy groups -OCH3 is 2. The van der Waals surface area contributed by atoms with Crippen molar-refractivity contribution in [3.05, 3.63) is 56.5 Å². The maximum Gasteiger partial charge on any atom is 0.136 e. The standard InChI is InChI=1S/C9H6N2O.C7H6Br2O/c1-12-9-3-2-7(5-10)4-8(9)6-11;1-10-7-3-2-5(8)4-6(7)9/h2-4H,1H3;2-4H,1H3. The molecule has 0 aromatic heterocycles. The minimum atomic E-state index is 0.386. The Hall–Kier alpha value is -2.02. The molecule has 0 aliphatic heterocycles. The summed E-state index contributed by atoms with van der Waals surface area (Å²) in [5, 5.41) is 17.2. The van der Waals surface area contributed by atoms with E-state index in [-0.39, 0.29) is 0 Å². The normalized spacial score (nSPS) is 8.82. The summed E-state index contributed by atoms with van der Waals surface area (Å²) in [7, 11) is 3.14. The van der Waals surface area contributed by atoms with Crippen LogP contribution in [0.15, 0.2) is 45.3 Å². The van der Waals surface area contributed by atoms with E-state index in [9.17, 15) is 0 Å². The zero-order chi connectivity index (χ0) is 16.5. The lowest BCUT2D eigenvalue weighted by Crippen LogP contribution is -1.88. The van der Waals surface area contributed by atoms with E-state index in [0.29, 0.717) is 16.9 Å². The quantitative estimate of drug-likeness (QED) is 0.704. The number of hydrogen-bond donors (Lipinski definition) is 0. The maximum atomic E-state index is 8.63. The minimum Gasteiger partial charge on any atom is -0.496 e.